The number of methoxy groups -OCH3 is 1. The summed E-state index contributed by atoms with van der Waals surface area (Å²) in [4.78, 5) is 4.84. The molecule has 1 aromatic heterocycles. The van der Waals surface area contributed by atoms with Crippen molar-refractivity contribution in [3.63, 3.8) is 0 Å². The first-order chi connectivity index (χ1) is 12.7. The van der Waals surface area contributed by atoms with Gasteiger partial charge in [-0.1, -0.05) is 0 Å². The highest BCUT2D eigenvalue weighted by atomic mass is 16.7. The molecular weight excluding hydrogens is 326 g/mol. The number of hydrogen-bond acceptors (Lipinski definition) is 4. The number of benzene rings is 2. The summed E-state index contributed by atoms with van der Waals surface area (Å²) in [5.41, 5.74) is 4.16. The van der Waals surface area contributed by atoms with E-state index < -0.39 is 0 Å². The maximum Gasteiger partial charge on any atom is 0.199 e. The Hall–Kier alpha value is -2.59. The van der Waals surface area contributed by atoms with Gasteiger partial charge >= 0.3 is 0 Å². The van der Waals surface area contributed by atoms with E-state index in [1.165, 1.54) is 0 Å². The summed E-state index contributed by atoms with van der Waals surface area (Å²) in [6.07, 6.45) is 3.12. The minimum atomic E-state index is -0.120. The van der Waals surface area contributed by atoms with E-state index in [1.54, 1.807) is 7.11 Å². The van der Waals surface area contributed by atoms with Crippen molar-refractivity contribution < 1.29 is 14.2 Å². The number of hydrogen-bond donors (Lipinski definition) is 0. The van der Waals surface area contributed by atoms with Crippen molar-refractivity contribution in [1.82, 2.24) is 4.98 Å². The summed E-state index contributed by atoms with van der Waals surface area (Å²) in [5.74, 6) is 1.68. The Morgan fingerprint density at radius 3 is 2.54 bits per heavy atom. The molecule has 0 spiro atoms. The molecule has 4 heteroatoms. The van der Waals surface area contributed by atoms with Crippen molar-refractivity contribution in [3.05, 3.63) is 54.1 Å². The van der Waals surface area contributed by atoms with Gasteiger partial charge in [-0.15, -0.1) is 0 Å². The second-order valence-electron chi connectivity index (χ2n) is 6.65. The zero-order valence-electron chi connectivity index (χ0n) is 15.2. The predicted octanol–water partition coefficient (Wildman–Crippen LogP) is 5.12. The number of nitrogens with zero attached hydrogens (tertiary/aromatic N) is 1. The molecule has 1 aliphatic rings. The largest absolute Gasteiger partial charge is 0.497 e. The molecule has 0 bridgehead atoms. The quantitative estimate of drug-likeness (QED) is 0.655. The minimum absolute atomic E-state index is 0.120. The van der Waals surface area contributed by atoms with E-state index in [0.29, 0.717) is 0 Å². The molecule has 1 fully saturated rings. The molecule has 2 aromatic carbocycles. The van der Waals surface area contributed by atoms with Crippen LogP contribution in [0.2, 0.25) is 0 Å². The average molecular weight is 349 g/mol. The molecule has 1 saturated heterocycles. The van der Waals surface area contributed by atoms with Crippen LogP contribution in [0.15, 0.2) is 48.5 Å². The second kappa shape index (κ2) is 7.34. The van der Waals surface area contributed by atoms with E-state index in [1.807, 2.05) is 30.3 Å². The second-order valence-corrected chi connectivity index (χ2v) is 6.65. The summed E-state index contributed by atoms with van der Waals surface area (Å²) in [7, 11) is 1.68. The van der Waals surface area contributed by atoms with Crippen molar-refractivity contribution in [3.8, 4) is 22.8 Å². The van der Waals surface area contributed by atoms with E-state index >= 15 is 0 Å². The van der Waals surface area contributed by atoms with Gasteiger partial charge in [0.25, 0.3) is 0 Å². The monoisotopic (exact) mass is 349 g/mol. The van der Waals surface area contributed by atoms with Crippen molar-refractivity contribution >= 4 is 10.9 Å². The number of fused-ring (bicyclic) bond motifs is 1. The Morgan fingerprint density at radius 2 is 1.81 bits per heavy atom. The van der Waals surface area contributed by atoms with Gasteiger partial charge < -0.3 is 14.2 Å². The number of aryl methyl sites for hydroxylation is 1. The summed E-state index contributed by atoms with van der Waals surface area (Å²) >= 11 is 0. The topological polar surface area (TPSA) is 40.6 Å². The highest BCUT2D eigenvalue weighted by Crippen LogP contribution is 2.29. The van der Waals surface area contributed by atoms with Gasteiger partial charge in [0, 0.05) is 17.4 Å². The first-order valence-corrected chi connectivity index (χ1v) is 9.07. The van der Waals surface area contributed by atoms with Gasteiger partial charge in [-0.3, -0.25) is 0 Å². The van der Waals surface area contributed by atoms with Crippen molar-refractivity contribution in [1.29, 1.82) is 0 Å². The smallest absolute Gasteiger partial charge is 0.199 e. The Morgan fingerprint density at radius 1 is 1.00 bits per heavy atom. The van der Waals surface area contributed by atoms with Gasteiger partial charge in [0.1, 0.15) is 11.5 Å². The molecular formula is C22H23NO3. The van der Waals surface area contributed by atoms with Crippen molar-refractivity contribution in [2.75, 3.05) is 13.7 Å². The van der Waals surface area contributed by atoms with Gasteiger partial charge in [0.05, 0.1) is 24.9 Å². The maximum absolute atomic E-state index is 5.92. The number of aromatic nitrogens is 1. The molecule has 0 saturated carbocycles. The summed E-state index contributed by atoms with van der Waals surface area (Å²) in [5, 5.41) is 1.08. The molecule has 1 atom stereocenters. The lowest BCUT2D eigenvalue weighted by molar-refractivity contribution is -0.105. The zero-order chi connectivity index (χ0) is 17.9. The Labute approximate surface area is 153 Å². The minimum Gasteiger partial charge on any atom is -0.497 e. The SMILES string of the molecule is COc1ccc2nc(-c3ccc(OC4CCCCO4)cc3)c(C)cc2c1. The first-order valence-electron chi connectivity index (χ1n) is 9.07. The number of ether oxygens (including phenoxy) is 3. The van der Waals surface area contributed by atoms with Gasteiger partial charge in [-0.05, 0) is 73.9 Å². The molecule has 1 aliphatic heterocycles. The van der Waals surface area contributed by atoms with Crippen LogP contribution in [0.4, 0.5) is 0 Å². The molecule has 134 valence electrons. The molecule has 4 rings (SSSR count). The summed E-state index contributed by atoms with van der Waals surface area (Å²) in [6.45, 7) is 2.87. The van der Waals surface area contributed by atoms with Crippen LogP contribution in [0.25, 0.3) is 22.2 Å². The molecule has 0 amide bonds. The van der Waals surface area contributed by atoms with E-state index in [-0.39, 0.29) is 6.29 Å². The van der Waals surface area contributed by atoms with Crippen LogP contribution < -0.4 is 9.47 Å². The summed E-state index contributed by atoms with van der Waals surface area (Å²) in [6, 6.07) is 16.2. The lowest BCUT2D eigenvalue weighted by Crippen LogP contribution is -2.24. The normalized spacial score (nSPS) is 17.2. The van der Waals surface area contributed by atoms with Crippen molar-refractivity contribution in [2.24, 2.45) is 0 Å². The maximum atomic E-state index is 5.92. The fourth-order valence-corrected chi connectivity index (χ4v) is 3.33. The third kappa shape index (κ3) is 3.51. The van der Waals surface area contributed by atoms with E-state index in [9.17, 15) is 0 Å². The van der Waals surface area contributed by atoms with E-state index in [4.69, 9.17) is 19.2 Å². The van der Waals surface area contributed by atoms with Gasteiger partial charge in [0.15, 0.2) is 6.29 Å². The fourth-order valence-electron chi connectivity index (χ4n) is 3.33. The third-order valence-electron chi connectivity index (χ3n) is 4.75. The van der Waals surface area contributed by atoms with Crippen molar-refractivity contribution in [2.45, 2.75) is 32.5 Å². The highest BCUT2D eigenvalue weighted by Gasteiger charge is 2.15. The lowest BCUT2D eigenvalue weighted by atomic mass is 10.0. The third-order valence-corrected chi connectivity index (χ3v) is 4.75. The molecule has 0 aliphatic carbocycles. The van der Waals surface area contributed by atoms with Gasteiger partial charge in [-0.2, -0.15) is 0 Å². The zero-order valence-corrected chi connectivity index (χ0v) is 15.2. The van der Waals surface area contributed by atoms with Crippen LogP contribution >= 0.6 is 0 Å². The Balaban J connectivity index is 1.59. The fraction of sp³-hybridized carbons (Fsp3) is 0.318. The highest BCUT2D eigenvalue weighted by molar-refractivity contribution is 5.84. The summed E-state index contributed by atoms with van der Waals surface area (Å²) < 4.78 is 16.9. The molecule has 2 heterocycles. The Bertz CT molecular complexity index is 899. The van der Waals surface area contributed by atoms with E-state index in [0.717, 1.165) is 65.1 Å². The standard InChI is InChI=1S/C22H23NO3/c1-15-13-17-14-19(24-2)10-11-20(17)23-22(15)16-6-8-18(9-7-16)26-21-5-3-4-12-25-21/h6-11,13-14,21H,3-5,12H2,1-2H3. The molecule has 0 radical (unpaired) electrons. The van der Waals surface area contributed by atoms with Crippen LogP contribution in [0.1, 0.15) is 24.8 Å². The number of rotatable bonds is 4. The Kier molecular flexibility index (Phi) is 4.76. The van der Waals surface area contributed by atoms with E-state index in [2.05, 4.69) is 25.1 Å². The van der Waals surface area contributed by atoms with Crippen LogP contribution in [0, 0.1) is 6.92 Å². The van der Waals surface area contributed by atoms with Crippen LogP contribution in [-0.4, -0.2) is 25.0 Å². The first kappa shape index (κ1) is 16.9. The van der Waals surface area contributed by atoms with Crippen LogP contribution in [0.5, 0.6) is 11.5 Å². The molecule has 0 N–H and O–H groups in total. The predicted molar refractivity (Wildman–Crippen MR) is 103 cm³/mol. The van der Waals surface area contributed by atoms with Crippen LogP contribution in [-0.2, 0) is 4.74 Å². The van der Waals surface area contributed by atoms with Gasteiger partial charge in [-0.25, -0.2) is 4.98 Å². The lowest BCUT2D eigenvalue weighted by Gasteiger charge is -2.23. The van der Waals surface area contributed by atoms with Gasteiger partial charge in [0.2, 0.25) is 0 Å². The average Bonchev–Trinajstić information content (AvgIpc) is 2.68. The number of pyridine rings is 1. The van der Waals surface area contributed by atoms with Crippen LogP contribution in [0.3, 0.4) is 0 Å². The molecule has 1 unspecified atom stereocenters. The molecule has 26 heavy (non-hydrogen) atoms. The molecule has 3 aromatic rings. The molecule has 4 nitrogen and oxygen atoms in total.